The minimum Gasteiger partial charge on any atom is -0.305 e. The lowest BCUT2D eigenvalue weighted by molar-refractivity contribution is 0.794. The Morgan fingerprint density at radius 2 is 1.58 bits per heavy atom. The molecule has 0 N–H and O–H groups in total. The van der Waals surface area contributed by atoms with Gasteiger partial charge in [-0.05, 0) is 35.9 Å². The summed E-state index contributed by atoms with van der Waals surface area (Å²) in [6.45, 7) is 0. The zero-order valence-electron chi connectivity index (χ0n) is 12.4. The zero-order chi connectivity index (χ0) is 17.3. The number of thioether (sulfide) groups is 1. The molecule has 0 aliphatic heterocycles. The van der Waals surface area contributed by atoms with E-state index >= 15 is 0 Å². The van der Waals surface area contributed by atoms with Gasteiger partial charge in [-0.3, -0.25) is 0 Å². The topological polar surface area (TPSA) is 30.7 Å². The van der Waals surface area contributed by atoms with Gasteiger partial charge in [-0.25, -0.2) is 0 Å². The minimum absolute atomic E-state index is 0.537. The number of nitrogens with zero attached hydrogens (tertiary/aromatic N) is 3. The Morgan fingerprint density at radius 1 is 0.917 bits per heavy atom. The fourth-order valence-corrected chi connectivity index (χ4v) is 4.09. The van der Waals surface area contributed by atoms with Crippen LogP contribution < -0.4 is 0 Å². The summed E-state index contributed by atoms with van der Waals surface area (Å²) in [5.41, 5.74) is 1.77. The van der Waals surface area contributed by atoms with Gasteiger partial charge in [-0.2, -0.15) is 0 Å². The predicted octanol–water partition coefficient (Wildman–Crippen LogP) is 6.39. The van der Waals surface area contributed by atoms with Crippen molar-refractivity contribution < 1.29 is 0 Å². The maximum atomic E-state index is 6.25. The zero-order valence-corrected chi connectivity index (χ0v) is 16.3. The lowest BCUT2D eigenvalue weighted by Gasteiger charge is -2.07. The summed E-state index contributed by atoms with van der Waals surface area (Å²) in [7, 11) is 1.89. The molecule has 1 heterocycles. The van der Waals surface area contributed by atoms with Gasteiger partial charge in [0, 0.05) is 33.4 Å². The van der Waals surface area contributed by atoms with Crippen molar-refractivity contribution in [2.24, 2.45) is 7.05 Å². The Balaban J connectivity index is 1.82. The first-order valence-electron chi connectivity index (χ1n) is 6.87. The van der Waals surface area contributed by atoms with E-state index in [1.54, 1.807) is 18.2 Å². The van der Waals surface area contributed by atoms with Gasteiger partial charge in [0.2, 0.25) is 0 Å². The molecule has 24 heavy (non-hydrogen) atoms. The molecule has 0 saturated carbocycles. The molecule has 0 aliphatic carbocycles. The first-order chi connectivity index (χ1) is 11.5. The van der Waals surface area contributed by atoms with Crippen molar-refractivity contribution >= 4 is 58.2 Å². The van der Waals surface area contributed by atoms with Crippen LogP contribution in [0.2, 0.25) is 20.1 Å². The van der Waals surface area contributed by atoms with Gasteiger partial charge < -0.3 is 4.57 Å². The van der Waals surface area contributed by atoms with Crippen LogP contribution in [0.25, 0.3) is 11.4 Å². The molecule has 0 spiro atoms. The van der Waals surface area contributed by atoms with E-state index in [0.717, 1.165) is 16.3 Å². The van der Waals surface area contributed by atoms with Gasteiger partial charge in [0.25, 0.3) is 0 Å². The van der Waals surface area contributed by atoms with Gasteiger partial charge in [0.05, 0.1) is 5.02 Å². The number of aromatic nitrogens is 3. The molecule has 3 aromatic rings. The third kappa shape index (κ3) is 3.84. The van der Waals surface area contributed by atoms with Crippen LogP contribution in [0.4, 0.5) is 0 Å². The SMILES string of the molecule is Cn1c(SCc2ccc(Cl)cc2Cl)nnc1-c1ccc(Cl)cc1Cl. The van der Waals surface area contributed by atoms with Crippen molar-refractivity contribution in [2.45, 2.75) is 10.9 Å². The van der Waals surface area contributed by atoms with Crippen LogP contribution in [-0.2, 0) is 12.8 Å². The maximum absolute atomic E-state index is 6.25. The summed E-state index contributed by atoms with van der Waals surface area (Å²) < 4.78 is 1.89. The van der Waals surface area contributed by atoms with E-state index in [-0.39, 0.29) is 0 Å². The normalized spacial score (nSPS) is 11.0. The van der Waals surface area contributed by atoms with E-state index in [1.807, 2.05) is 29.8 Å². The summed E-state index contributed by atoms with van der Waals surface area (Å²) in [6, 6.07) is 10.8. The van der Waals surface area contributed by atoms with E-state index in [0.29, 0.717) is 31.7 Å². The minimum atomic E-state index is 0.537. The van der Waals surface area contributed by atoms with E-state index in [2.05, 4.69) is 10.2 Å². The highest BCUT2D eigenvalue weighted by Gasteiger charge is 2.15. The van der Waals surface area contributed by atoms with Crippen LogP contribution >= 0.6 is 58.2 Å². The summed E-state index contributed by atoms with van der Waals surface area (Å²) in [4.78, 5) is 0. The standard InChI is InChI=1S/C16H11Cl4N3S/c1-23-15(12-5-4-11(18)7-14(12)20)21-22-16(23)24-8-9-2-3-10(17)6-13(9)19/h2-7H,8H2,1H3. The Kier molecular flexibility index (Phi) is 5.63. The molecule has 8 heteroatoms. The van der Waals surface area contributed by atoms with Crippen LogP contribution in [0.1, 0.15) is 5.56 Å². The van der Waals surface area contributed by atoms with Crippen LogP contribution in [0.15, 0.2) is 41.6 Å². The molecule has 2 aromatic carbocycles. The lowest BCUT2D eigenvalue weighted by atomic mass is 10.2. The van der Waals surface area contributed by atoms with Crippen molar-refractivity contribution in [3.8, 4) is 11.4 Å². The Hall–Kier alpha value is -0.910. The molecule has 0 amide bonds. The molecule has 0 bridgehead atoms. The second-order valence-electron chi connectivity index (χ2n) is 5.01. The maximum Gasteiger partial charge on any atom is 0.191 e. The number of benzene rings is 2. The number of halogens is 4. The van der Waals surface area contributed by atoms with Crippen molar-refractivity contribution in [3.63, 3.8) is 0 Å². The summed E-state index contributed by atoms with van der Waals surface area (Å²) >= 11 is 25.8. The van der Waals surface area contributed by atoms with Gasteiger partial charge in [0.1, 0.15) is 0 Å². The summed E-state index contributed by atoms with van der Waals surface area (Å²) in [6.07, 6.45) is 0. The van der Waals surface area contributed by atoms with Gasteiger partial charge in [0.15, 0.2) is 11.0 Å². The van der Waals surface area contributed by atoms with Crippen LogP contribution in [0.5, 0.6) is 0 Å². The highest BCUT2D eigenvalue weighted by molar-refractivity contribution is 7.98. The number of hydrogen-bond acceptors (Lipinski definition) is 3. The lowest BCUT2D eigenvalue weighted by Crippen LogP contribution is -1.96. The smallest absolute Gasteiger partial charge is 0.191 e. The third-order valence-electron chi connectivity index (χ3n) is 3.38. The van der Waals surface area contributed by atoms with E-state index in [4.69, 9.17) is 46.4 Å². The molecule has 3 rings (SSSR count). The van der Waals surface area contributed by atoms with Gasteiger partial charge in [-0.1, -0.05) is 64.2 Å². The largest absolute Gasteiger partial charge is 0.305 e. The average molecular weight is 419 g/mol. The third-order valence-corrected chi connectivity index (χ3v) is 5.58. The highest BCUT2D eigenvalue weighted by atomic mass is 35.5. The monoisotopic (exact) mass is 417 g/mol. The Labute approximate surface area is 163 Å². The molecule has 0 fully saturated rings. The number of rotatable bonds is 4. The number of hydrogen-bond donors (Lipinski definition) is 0. The predicted molar refractivity (Wildman–Crippen MR) is 102 cm³/mol. The fourth-order valence-electron chi connectivity index (χ4n) is 2.13. The Bertz CT molecular complexity index is 895. The molecule has 0 aliphatic rings. The molecule has 0 radical (unpaired) electrons. The molecule has 3 nitrogen and oxygen atoms in total. The second-order valence-corrected chi connectivity index (χ2v) is 7.64. The van der Waals surface area contributed by atoms with Crippen LogP contribution in [0, 0.1) is 0 Å². The first-order valence-corrected chi connectivity index (χ1v) is 9.37. The molecule has 124 valence electrons. The fraction of sp³-hybridized carbons (Fsp3) is 0.125. The second kappa shape index (κ2) is 7.54. The van der Waals surface area contributed by atoms with Crippen molar-refractivity contribution in [1.82, 2.24) is 14.8 Å². The van der Waals surface area contributed by atoms with Crippen molar-refractivity contribution in [3.05, 3.63) is 62.1 Å². The van der Waals surface area contributed by atoms with Crippen LogP contribution in [0.3, 0.4) is 0 Å². The first kappa shape index (κ1) is 17.9. The van der Waals surface area contributed by atoms with E-state index in [1.165, 1.54) is 11.8 Å². The molecule has 0 saturated heterocycles. The molecular weight excluding hydrogens is 408 g/mol. The quantitative estimate of drug-likeness (QED) is 0.460. The summed E-state index contributed by atoms with van der Waals surface area (Å²) in [5, 5.41) is 11.6. The Morgan fingerprint density at radius 3 is 2.25 bits per heavy atom. The van der Waals surface area contributed by atoms with Crippen molar-refractivity contribution in [2.75, 3.05) is 0 Å². The van der Waals surface area contributed by atoms with E-state index < -0.39 is 0 Å². The summed E-state index contributed by atoms with van der Waals surface area (Å²) in [5.74, 6) is 1.34. The van der Waals surface area contributed by atoms with Gasteiger partial charge >= 0.3 is 0 Å². The average Bonchev–Trinajstić information content (AvgIpc) is 2.88. The van der Waals surface area contributed by atoms with E-state index in [9.17, 15) is 0 Å². The molecule has 0 unspecified atom stereocenters. The van der Waals surface area contributed by atoms with Gasteiger partial charge in [-0.15, -0.1) is 10.2 Å². The van der Waals surface area contributed by atoms with Crippen molar-refractivity contribution in [1.29, 1.82) is 0 Å². The van der Waals surface area contributed by atoms with Crippen LogP contribution in [-0.4, -0.2) is 14.8 Å². The molecular formula is C16H11Cl4N3S. The highest BCUT2D eigenvalue weighted by Crippen LogP contribution is 2.32. The molecule has 0 atom stereocenters. The molecule has 1 aromatic heterocycles.